The molecule has 0 radical (unpaired) electrons. The van der Waals surface area contributed by atoms with Crippen molar-refractivity contribution in [2.45, 2.75) is 31.9 Å². The number of likely N-dealkylation sites (tertiary alicyclic amines) is 1. The Balaban J connectivity index is 1.51. The number of rotatable bonds is 5. The van der Waals surface area contributed by atoms with Crippen LogP contribution in [-0.2, 0) is 24.9 Å². The first-order valence-corrected chi connectivity index (χ1v) is 9.03. The zero-order valence-electron chi connectivity index (χ0n) is 15.8. The minimum atomic E-state index is -0.237. The summed E-state index contributed by atoms with van der Waals surface area (Å²) in [6.07, 6.45) is 1.53. The van der Waals surface area contributed by atoms with Gasteiger partial charge in [-0.1, -0.05) is 30.3 Å². The molecule has 7 heteroatoms. The van der Waals surface area contributed by atoms with Crippen LogP contribution in [0, 0.1) is 0 Å². The van der Waals surface area contributed by atoms with Gasteiger partial charge in [-0.3, -0.25) is 0 Å². The SMILES string of the molecule is CN(C)Cc1nnc(C2CCN(C(=O)OCc3ccccc3)CC2)n1C. The number of piperidine rings is 1. The van der Waals surface area contributed by atoms with Gasteiger partial charge in [0.1, 0.15) is 18.3 Å². The summed E-state index contributed by atoms with van der Waals surface area (Å²) in [4.78, 5) is 16.1. The first kappa shape index (κ1) is 18.4. The molecule has 1 aromatic carbocycles. The van der Waals surface area contributed by atoms with E-state index in [1.165, 1.54) is 0 Å². The van der Waals surface area contributed by atoms with Crippen molar-refractivity contribution in [2.24, 2.45) is 7.05 Å². The normalized spacial score (nSPS) is 15.5. The largest absolute Gasteiger partial charge is 0.445 e. The van der Waals surface area contributed by atoms with Crippen molar-refractivity contribution in [2.75, 3.05) is 27.2 Å². The van der Waals surface area contributed by atoms with E-state index in [-0.39, 0.29) is 6.09 Å². The van der Waals surface area contributed by atoms with E-state index in [1.54, 1.807) is 4.90 Å². The summed E-state index contributed by atoms with van der Waals surface area (Å²) in [6.45, 7) is 2.47. The van der Waals surface area contributed by atoms with E-state index in [0.717, 1.165) is 36.6 Å². The Bertz CT molecular complexity index is 721. The number of hydrogen-bond donors (Lipinski definition) is 0. The number of nitrogens with zero attached hydrogens (tertiary/aromatic N) is 5. The van der Waals surface area contributed by atoms with Crippen LogP contribution in [-0.4, -0.2) is 57.8 Å². The minimum Gasteiger partial charge on any atom is -0.445 e. The highest BCUT2D eigenvalue weighted by Gasteiger charge is 2.28. The molecular formula is C19H27N5O2. The Morgan fingerprint density at radius 2 is 1.88 bits per heavy atom. The number of benzene rings is 1. The molecule has 1 fully saturated rings. The average Bonchev–Trinajstić information content (AvgIpc) is 3.00. The standard InChI is InChI=1S/C19H27N5O2/c1-22(2)13-17-20-21-18(23(17)3)16-9-11-24(12-10-16)19(25)26-14-15-7-5-4-6-8-15/h4-8,16H,9-14H2,1-3H3. The highest BCUT2D eigenvalue weighted by atomic mass is 16.6. The molecule has 0 spiro atoms. The zero-order valence-corrected chi connectivity index (χ0v) is 15.8. The second kappa shape index (κ2) is 8.31. The highest BCUT2D eigenvalue weighted by molar-refractivity contribution is 5.67. The van der Waals surface area contributed by atoms with E-state index in [4.69, 9.17) is 4.74 Å². The number of amides is 1. The molecule has 1 amide bonds. The third kappa shape index (κ3) is 4.40. The van der Waals surface area contributed by atoms with Gasteiger partial charge in [0, 0.05) is 26.1 Å². The third-order valence-electron chi connectivity index (χ3n) is 4.78. The highest BCUT2D eigenvalue weighted by Crippen LogP contribution is 2.27. The van der Waals surface area contributed by atoms with Crippen molar-refractivity contribution in [1.82, 2.24) is 24.6 Å². The summed E-state index contributed by atoms with van der Waals surface area (Å²) >= 11 is 0. The summed E-state index contributed by atoms with van der Waals surface area (Å²) in [5.41, 5.74) is 1.00. The Hall–Kier alpha value is -2.41. The second-order valence-corrected chi connectivity index (χ2v) is 7.07. The molecule has 1 aromatic heterocycles. The molecule has 0 unspecified atom stereocenters. The van der Waals surface area contributed by atoms with Gasteiger partial charge in [0.05, 0.1) is 6.54 Å². The van der Waals surface area contributed by atoms with Crippen LogP contribution >= 0.6 is 0 Å². The molecule has 2 heterocycles. The summed E-state index contributed by atoms with van der Waals surface area (Å²) < 4.78 is 7.52. The third-order valence-corrected chi connectivity index (χ3v) is 4.78. The monoisotopic (exact) mass is 357 g/mol. The molecule has 0 saturated carbocycles. The lowest BCUT2D eigenvalue weighted by molar-refractivity contribution is 0.0864. The molecule has 3 rings (SSSR count). The van der Waals surface area contributed by atoms with Crippen molar-refractivity contribution >= 4 is 6.09 Å². The van der Waals surface area contributed by atoms with Crippen LogP contribution in [0.15, 0.2) is 30.3 Å². The smallest absolute Gasteiger partial charge is 0.410 e. The summed E-state index contributed by atoms with van der Waals surface area (Å²) in [5, 5.41) is 8.70. The lowest BCUT2D eigenvalue weighted by Crippen LogP contribution is -2.38. The predicted octanol–water partition coefficient (Wildman–Crippen LogP) is 2.39. The van der Waals surface area contributed by atoms with E-state index in [1.807, 2.05) is 51.5 Å². The van der Waals surface area contributed by atoms with Gasteiger partial charge in [-0.2, -0.15) is 0 Å². The summed E-state index contributed by atoms with van der Waals surface area (Å²) in [6, 6.07) is 9.75. The molecule has 1 saturated heterocycles. The molecule has 2 aromatic rings. The molecular weight excluding hydrogens is 330 g/mol. The summed E-state index contributed by atoms with van der Waals surface area (Å²) in [7, 11) is 6.07. The molecule has 7 nitrogen and oxygen atoms in total. The van der Waals surface area contributed by atoms with E-state index >= 15 is 0 Å². The van der Waals surface area contributed by atoms with Gasteiger partial charge in [0.25, 0.3) is 0 Å². The van der Waals surface area contributed by atoms with E-state index in [9.17, 15) is 4.79 Å². The zero-order chi connectivity index (χ0) is 18.5. The summed E-state index contributed by atoms with van der Waals surface area (Å²) in [5.74, 6) is 2.32. The van der Waals surface area contributed by atoms with Crippen LogP contribution in [0.5, 0.6) is 0 Å². The second-order valence-electron chi connectivity index (χ2n) is 7.07. The first-order valence-electron chi connectivity index (χ1n) is 9.03. The maximum absolute atomic E-state index is 12.3. The first-order chi connectivity index (χ1) is 12.5. The molecule has 0 aliphatic carbocycles. The van der Waals surface area contributed by atoms with Crippen molar-refractivity contribution in [1.29, 1.82) is 0 Å². The topological polar surface area (TPSA) is 63.5 Å². The number of ether oxygens (including phenoxy) is 1. The fourth-order valence-electron chi connectivity index (χ4n) is 3.28. The van der Waals surface area contributed by atoms with E-state index in [2.05, 4.69) is 19.7 Å². The van der Waals surface area contributed by atoms with Crippen LogP contribution in [0.3, 0.4) is 0 Å². The fourth-order valence-corrected chi connectivity index (χ4v) is 3.28. The number of hydrogen-bond acceptors (Lipinski definition) is 5. The van der Waals surface area contributed by atoms with Gasteiger partial charge >= 0.3 is 6.09 Å². The van der Waals surface area contributed by atoms with Crippen molar-refractivity contribution in [3.8, 4) is 0 Å². The molecule has 0 N–H and O–H groups in total. The average molecular weight is 357 g/mol. The van der Waals surface area contributed by atoms with Gasteiger partial charge in [-0.05, 0) is 32.5 Å². The molecule has 26 heavy (non-hydrogen) atoms. The van der Waals surface area contributed by atoms with Crippen LogP contribution < -0.4 is 0 Å². The van der Waals surface area contributed by atoms with Crippen molar-refractivity contribution < 1.29 is 9.53 Å². The molecule has 1 aliphatic heterocycles. The van der Waals surface area contributed by atoms with Crippen molar-refractivity contribution in [3.63, 3.8) is 0 Å². The molecule has 0 bridgehead atoms. The maximum atomic E-state index is 12.3. The predicted molar refractivity (Wildman–Crippen MR) is 98.6 cm³/mol. The van der Waals surface area contributed by atoms with Gasteiger partial charge in [-0.15, -0.1) is 10.2 Å². The lowest BCUT2D eigenvalue weighted by Gasteiger charge is -2.30. The maximum Gasteiger partial charge on any atom is 0.410 e. The lowest BCUT2D eigenvalue weighted by atomic mass is 9.96. The van der Waals surface area contributed by atoms with Crippen LogP contribution in [0.4, 0.5) is 4.79 Å². The Kier molecular flexibility index (Phi) is 5.88. The quantitative estimate of drug-likeness (QED) is 0.822. The number of carbonyl (C=O) groups is 1. The van der Waals surface area contributed by atoms with Gasteiger partial charge < -0.3 is 19.1 Å². The molecule has 0 atom stereocenters. The van der Waals surface area contributed by atoms with Gasteiger partial charge in [0.15, 0.2) is 0 Å². The number of aromatic nitrogens is 3. The Morgan fingerprint density at radius 3 is 2.54 bits per heavy atom. The van der Waals surface area contributed by atoms with Crippen LogP contribution in [0.1, 0.15) is 36.0 Å². The fraction of sp³-hybridized carbons (Fsp3) is 0.526. The Labute approximate surface area is 154 Å². The van der Waals surface area contributed by atoms with Crippen LogP contribution in [0.25, 0.3) is 0 Å². The van der Waals surface area contributed by atoms with E-state index in [0.29, 0.717) is 25.6 Å². The number of carbonyl (C=O) groups excluding carboxylic acids is 1. The van der Waals surface area contributed by atoms with Crippen LogP contribution in [0.2, 0.25) is 0 Å². The van der Waals surface area contributed by atoms with Gasteiger partial charge in [-0.25, -0.2) is 4.79 Å². The van der Waals surface area contributed by atoms with E-state index < -0.39 is 0 Å². The van der Waals surface area contributed by atoms with Crippen molar-refractivity contribution in [3.05, 3.63) is 47.5 Å². The molecule has 1 aliphatic rings. The Morgan fingerprint density at radius 1 is 1.19 bits per heavy atom. The van der Waals surface area contributed by atoms with Gasteiger partial charge in [0.2, 0.25) is 0 Å². The molecule has 140 valence electrons. The minimum absolute atomic E-state index is 0.237.